The van der Waals surface area contributed by atoms with E-state index in [0.29, 0.717) is 5.69 Å². The van der Waals surface area contributed by atoms with Crippen molar-refractivity contribution in [2.24, 2.45) is 0 Å². The number of rotatable bonds is 4. The van der Waals surface area contributed by atoms with E-state index in [2.05, 4.69) is 10.6 Å². The Labute approximate surface area is 126 Å². The van der Waals surface area contributed by atoms with E-state index < -0.39 is 17.5 Å². The van der Waals surface area contributed by atoms with Crippen LogP contribution in [0.25, 0.3) is 0 Å². The van der Waals surface area contributed by atoms with Crippen LogP contribution in [-0.4, -0.2) is 16.9 Å². The van der Waals surface area contributed by atoms with Gasteiger partial charge in [0.25, 0.3) is 5.91 Å². The molecule has 0 aliphatic rings. The maximum absolute atomic E-state index is 12.9. The first-order valence-electron chi connectivity index (χ1n) is 6.59. The Bertz CT molecular complexity index is 716. The zero-order valence-electron chi connectivity index (χ0n) is 11.9. The summed E-state index contributed by atoms with van der Waals surface area (Å²) in [6.45, 7) is 1.62. The second-order valence-corrected chi connectivity index (χ2v) is 4.73. The monoisotopic (exact) mass is 302 g/mol. The zero-order chi connectivity index (χ0) is 16.1. The second kappa shape index (κ2) is 6.71. The minimum atomic E-state index is -0.614. The predicted molar refractivity (Wildman–Crippen MR) is 80.0 cm³/mol. The maximum Gasteiger partial charge on any atom is 0.255 e. The number of phenolic OH excluding ortho intramolecular Hbond substituents is 1. The summed E-state index contributed by atoms with van der Waals surface area (Å²) in [6, 6.07) is 10.2. The molecule has 2 aromatic carbocycles. The van der Waals surface area contributed by atoms with Gasteiger partial charge in [0, 0.05) is 25.2 Å². The highest BCUT2D eigenvalue weighted by Crippen LogP contribution is 2.18. The molecule has 2 aromatic rings. The molecule has 0 unspecified atom stereocenters. The first-order valence-corrected chi connectivity index (χ1v) is 6.59. The third-order valence-electron chi connectivity index (χ3n) is 2.90. The fourth-order valence-electron chi connectivity index (χ4n) is 1.94. The van der Waals surface area contributed by atoms with E-state index in [1.807, 2.05) is 0 Å². The van der Waals surface area contributed by atoms with Gasteiger partial charge in [-0.15, -0.1) is 0 Å². The van der Waals surface area contributed by atoms with Crippen LogP contribution < -0.4 is 10.6 Å². The first-order chi connectivity index (χ1) is 10.5. The summed E-state index contributed by atoms with van der Waals surface area (Å²) in [5.41, 5.74) is 1.41. The average Bonchev–Trinajstić information content (AvgIpc) is 2.44. The lowest BCUT2D eigenvalue weighted by molar-refractivity contribution is -0.114. The summed E-state index contributed by atoms with van der Waals surface area (Å²) >= 11 is 0. The Balaban J connectivity index is 2.03. The van der Waals surface area contributed by atoms with Gasteiger partial charge in [-0.1, -0.05) is 12.1 Å². The molecule has 0 aromatic heterocycles. The quantitative estimate of drug-likeness (QED) is 0.811. The van der Waals surface area contributed by atoms with E-state index in [4.69, 9.17) is 0 Å². The van der Waals surface area contributed by atoms with Gasteiger partial charge in [-0.2, -0.15) is 0 Å². The topological polar surface area (TPSA) is 78.4 Å². The smallest absolute Gasteiger partial charge is 0.255 e. The summed E-state index contributed by atoms with van der Waals surface area (Å²) in [6.07, 6.45) is 0. The number of amides is 2. The molecule has 2 amide bonds. The molecule has 2 rings (SSSR count). The van der Waals surface area contributed by atoms with Crippen molar-refractivity contribution >= 4 is 17.5 Å². The zero-order valence-corrected chi connectivity index (χ0v) is 11.9. The highest BCUT2D eigenvalue weighted by atomic mass is 19.1. The van der Waals surface area contributed by atoms with Gasteiger partial charge in [0.1, 0.15) is 11.6 Å². The summed E-state index contributed by atoms with van der Waals surface area (Å²) in [5.74, 6) is -1.72. The lowest BCUT2D eigenvalue weighted by atomic mass is 10.1. The minimum absolute atomic E-state index is 0.000541. The number of hydrogen-bond acceptors (Lipinski definition) is 3. The van der Waals surface area contributed by atoms with E-state index >= 15 is 0 Å². The normalized spacial score (nSPS) is 10.1. The molecule has 0 fully saturated rings. The van der Waals surface area contributed by atoms with Crippen LogP contribution in [0.1, 0.15) is 22.8 Å². The molecule has 5 nitrogen and oxygen atoms in total. The number of anilines is 1. The number of benzene rings is 2. The second-order valence-electron chi connectivity index (χ2n) is 4.73. The van der Waals surface area contributed by atoms with Crippen molar-refractivity contribution < 1.29 is 19.1 Å². The van der Waals surface area contributed by atoms with Crippen LogP contribution >= 0.6 is 0 Å². The fourth-order valence-corrected chi connectivity index (χ4v) is 1.94. The lowest BCUT2D eigenvalue weighted by Crippen LogP contribution is -2.23. The molecule has 0 saturated heterocycles. The van der Waals surface area contributed by atoms with Crippen molar-refractivity contribution in [3.8, 4) is 5.75 Å². The van der Waals surface area contributed by atoms with E-state index in [1.54, 1.807) is 24.3 Å². The molecular formula is C16H15FN2O3. The molecular weight excluding hydrogens is 287 g/mol. The van der Waals surface area contributed by atoms with Crippen LogP contribution in [0.15, 0.2) is 42.5 Å². The molecule has 6 heteroatoms. The van der Waals surface area contributed by atoms with Crippen LogP contribution in [0.5, 0.6) is 5.75 Å². The number of nitrogens with one attached hydrogen (secondary N) is 2. The predicted octanol–water partition coefficient (Wildman–Crippen LogP) is 2.42. The number of halogens is 1. The minimum Gasteiger partial charge on any atom is -0.507 e. The van der Waals surface area contributed by atoms with Crippen molar-refractivity contribution in [1.29, 1.82) is 0 Å². The Kier molecular flexibility index (Phi) is 4.73. The third kappa shape index (κ3) is 4.05. The Hall–Kier alpha value is -2.89. The van der Waals surface area contributed by atoms with Crippen LogP contribution in [-0.2, 0) is 11.3 Å². The van der Waals surface area contributed by atoms with Crippen molar-refractivity contribution in [2.75, 3.05) is 5.32 Å². The highest BCUT2D eigenvalue weighted by Gasteiger charge is 2.11. The number of hydrogen-bond donors (Lipinski definition) is 3. The van der Waals surface area contributed by atoms with E-state index in [-0.39, 0.29) is 18.0 Å². The Morgan fingerprint density at radius 3 is 2.64 bits per heavy atom. The third-order valence-corrected chi connectivity index (χ3v) is 2.90. The Morgan fingerprint density at radius 1 is 1.18 bits per heavy atom. The van der Waals surface area contributed by atoms with Crippen LogP contribution in [0.2, 0.25) is 0 Å². The molecule has 22 heavy (non-hydrogen) atoms. The van der Waals surface area contributed by atoms with Crippen LogP contribution in [0.4, 0.5) is 10.1 Å². The molecule has 0 aliphatic carbocycles. The molecule has 0 spiro atoms. The van der Waals surface area contributed by atoms with Crippen molar-refractivity contribution in [1.82, 2.24) is 5.32 Å². The number of phenols is 1. The molecule has 0 radical (unpaired) electrons. The van der Waals surface area contributed by atoms with Gasteiger partial charge in [-0.05, 0) is 29.8 Å². The van der Waals surface area contributed by atoms with Gasteiger partial charge in [0.15, 0.2) is 0 Å². The van der Waals surface area contributed by atoms with Gasteiger partial charge in [0.2, 0.25) is 5.91 Å². The molecule has 0 atom stereocenters. The van der Waals surface area contributed by atoms with Gasteiger partial charge >= 0.3 is 0 Å². The average molecular weight is 302 g/mol. The van der Waals surface area contributed by atoms with Gasteiger partial charge in [-0.3, -0.25) is 9.59 Å². The van der Waals surface area contributed by atoms with Crippen LogP contribution in [0.3, 0.4) is 0 Å². The van der Waals surface area contributed by atoms with Crippen molar-refractivity contribution in [3.05, 3.63) is 59.4 Å². The van der Waals surface area contributed by atoms with Gasteiger partial charge in [-0.25, -0.2) is 4.39 Å². The number of carbonyl (C=O) groups is 2. The summed E-state index contributed by atoms with van der Waals surface area (Å²) < 4.78 is 12.9. The SMILES string of the molecule is CC(=O)Nc1cccc(CNC(=O)c2ccc(F)cc2O)c1. The van der Waals surface area contributed by atoms with E-state index in [1.165, 1.54) is 13.0 Å². The summed E-state index contributed by atoms with van der Waals surface area (Å²) in [4.78, 5) is 23.0. The standard InChI is InChI=1S/C16H15FN2O3/c1-10(20)19-13-4-2-3-11(7-13)9-18-16(22)14-6-5-12(17)8-15(14)21/h2-8,21H,9H2,1H3,(H,18,22)(H,19,20). The Morgan fingerprint density at radius 2 is 1.95 bits per heavy atom. The van der Waals surface area contributed by atoms with Crippen molar-refractivity contribution in [3.63, 3.8) is 0 Å². The summed E-state index contributed by atoms with van der Waals surface area (Å²) in [7, 11) is 0. The van der Waals surface area contributed by atoms with E-state index in [9.17, 15) is 19.1 Å². The lowest BCUT2D eigenvalue weighted by Gasteiger charge is -2.09. The van der Waals surface area contributed by atoms with Crippen molar-refractivity contribution in [2.45, 2.75) is 13.5 Å². The largest absolute Gasteiger partial charge is 0.507 e. The van der Waals surface area contributed by atoms with Gasteiger partial charge < -0.3 is 15.7 Å². The molecule has 0 bridgehead atoms. The molecule has 114 valence electrons. The maximum atomic E-state index is 12.9. The van der Waals surface area contributed by atoms with Crippen LogP contribution in [0, 0.1) is 5.82 Å². The molecule has 3 N–H and O–H groups in total. The highest BCUT2D eigenvalue weighted by molar-refractivity contribution is 5.96. The molecule has 0 saturated carbocycles. The van der Waals surface area contributed by atoms with Gasteiger partial charge in [0.05, 0.1) is 5.56 Å². The summed E-state index contributed by atoms with van der Waals surface area (Å²) in [5, 5.41) is 14.8. The molecule has 0 aliphatic heterocycles. The number of carbonyl (C=O) groups excluding carboxylic acids is 2. The first kappa shape index (κ1) is 15.5. The fraction of sp³-hybridized carbons (Fsp3) is 0.125. The molecule has 0 heterocycles. The van der Waals surface area contributed by atoms with E-state index in [0.717, 1.165) is 17.7 Å². The number of aromatic hydroxyl groups is 1.